The number of nitrogens with zero attached hydrogens (tertiary/aromatic N) is 1. The van der Waals surface area contributed by atoms with E-state index in [1.807, 2.05) is 18.2 Å². The molecule has 0 saturated heterocycles. The molecule has 0 spiro atoms. The van der Waals surface area contributed by atoms with E-state index in [1.165, 1.54) is 16.6 Å². The van der Waals surface area contributed by atoms with Crippen molar-refractivity contribution in [2.24, 2.45) is 0 Å². The van der Waals surface area contributed by atoms with Crippen LogP contribution in [0.25, 0.3) is 10.9 Å². The van der Waals surface area contributed by atoms with Gasteiger partial charge in [-0.05, 0) is 43.1 Å². The van der Waals surface area contributed by atoms with Crippen LogP contribution in [-0.2, 0) is 17.8 Å². The number of halogens is 1. The first-order valence-corrected chi connectivity index (χ1v) is 6.60. The summed E-state index contributed by atoms with van der Waals surface area (Å²) in [7, 11) is 0. The number of carbonyl (C=O) groups excluding carboxylic acids is 1. The van der Waals surface area contributed by atoms with E-state index in [0.717, 1.165) is 42.8 Å². The van der Waals surface area contributed by atoms with Gasteiger partial charge in [0.05, 0.1) is 6.54 Å². The van der Waals surface area contributed by atoms with Gasteiger partial charge in [0, 0.05) is 28.2 Å². The molecule has 3 rings (SSSR count). The summed E-state index contributed by atoms with van der Waals surface area (Å²) in [6.45, 7) is 2.31. The Morgan fingerprint density at radius 3 is 3.17 bits per heavy atom. The van der Waals surface area contributed by atoms with E-state index in [1.54, 1.807) is 0 Å². The highest BCUT2D eigenvalue weighted by atomic mass is 35.5. The largest absolute Gasteiger partial charge is 0.358 e. The molecule has 94 valence electrons. The van der Waals surface area contributed by atoms with Crippen molar-refractivity contribution >= 4 is 28.8 Å². The summed E-state index contributed by atoms with van der Waals surface area (Å²) in [5.41, 5.74) is 3.73. The van der Waals surface area contributed by atoms with Gasteiger partial charge in [0.2, 0.25) is 0 Å². The summed E-state index contributed by atoms with van der Waals surface area (Å²) in [5, 5.41) is 1.95. The Labute approximate surface area is 111 Å². The third-order valence-electron chi connectivity index (χ3n) is 3.57. The average Bonchev–Trinajstić information content (AvgIpc) is 2.55. The Morgan fingerprint density at radius 1 is 1.44 bits per heavy atom. The molecule has 3 nitrogen and oxygen atoms in total. The quantitative estimate of drug-likeness (QED) is 0.845. The zero-order chi connectivity index (χ0) is 12.5. The smallest absolute Gasteiger partial charge is 0.133 e. The maximum atomic E-state index is 10.7. The highest BCUT2D eigenvalue weighted by molar-refractivity contribution is 6.31. The SMILES string of the molecule is O=CCN1CCCc2[nH]c3ccc(Cl)cc3c2C1. The van der Waals surface area contributed by atoms with E-state index >= 15 is 0 Å². The first kappa shape index (κ1) is 11.8. The van der Waals surface area contributed by atoms with Crippen molar-refractivity contribution in [1.82, 2.24) is 9.88 Å². The summed E-state index contributed by atoms with van der Waals surface area (Å²) in [4.78, 5) is 16.3. The third-order valence-corrected chi connectivity index (χ3v) is 3.81. The maximum Gasteiger partial charge on any atom is 0.133 e. The molecule has 2 aromatic rings. The summed E-state index contributed by atoms with van der Waals surface area (Å²) < 4.78 is 0. The predicted octanol–water partition coefficient (Wildman–Crippen LogP) is 2.77. The van der Waals surface area contributed by atoms with Crippen LogP contribution in [0.5, 0.6) is 0 Å². The number of rotatable bonds is 2. The second-order valence-electron chi connectivity index (χ2n) is 4.78. The van der Waals surface area contributed by atoms with E-state index in [-0.39, 0.29) is 0 Å². The van der Waals surface area contributed by atoms with Gasteiger partial charge in [-0.3, -0.25) is 4.90 Å². The van der Waals surface area contributed by atoms with E-state index in [0.29, 0.717) is 6.54 Å². The van der Waals surface area contributed by atoms with Crippen molar-refractivity contribution in [3.63, 3.8) is 0 Å². The lowest BCUT2D eigenvalue weighted by Gasteiger charge is -2.16. The molecule has 0 saturated carbocycles. The van der Waals surface area contributed by atoms with Crippen molar-refractivity contribution in [1.29, 1.82) is 0 Å². The molecule has 0 radical (unpaired) electrons. The lowest BCUT2D eigenvalue weighted by Crippen LogP contribution is -2.25. The molecule has 1 N–H and O–H groups in total. The zero-order valence-corrected chi connectivity index (χ0v) is 10.8. The van der Waals surface area contributed by atoms with E-state index in [2.05, 4.69) is 9.88 Å². The van der Waals surface area contributed by atoms with Crippen LogP contribution in [0, 0.1) is 0 Å². The highest BCUT2D eigenvalue weighted by Gasteiger charge is 2.18. The topological polar surface area (TPSA) is 36.1 Å². The second kappa shape index (κ2) is 4.75. The Morgan fingerprint density at radius 2 is 2.33 bits per heavy atom. The molecule has 18 heavy (non-hydrogen) atoms. The minimum Gasteiger partial charge on any atom is -0.358 e. The Kier molecular flexibility index (Phi) is 3.10. The molecule has 0 bridgehead atoms. The van der Waals surface area contributed by atoms with Crippen LogP contribution < -0.4 is 0 Å². The number of benzene rings is 1. The molecule has 0 atom stereocenters. The fourth-order valence-electron chi connectivity index (χ4n) is 2.71. The number of H-pyrrole nitrogens is 1. The van der Waals surface area contributed by atoms with Gasteiger partial charge in [0.25, 0.3) is 0 Å². The van der Waals surface area contributed by atoms with Crippen LogP contribution in [0.2, 0.25) is 5.02 Å². The molecular formula is C14H15ClN2O. The number of nitrogens with one attached hydrogen (secondary N) is 1. The van der Waals surface area contributed by atoms with Gasteiger partial charge < -0.3 is 9.78 Å². The Balaban J connectivity index is 2.07. The summed E-state index contributed by atoms with van der Waals surface area (Å²) in [6.07, 6.45) is 3.10. The average molecular weight is 263 g/mol. The molecular weight excluding hydrogens is 248 g/mol. The number of fused-ring (bicyclic) bond motifs is 3. The number of aromatic nitrogens is 1. The second-order valence-corrected chi connectivity index (χ2v) is 5.21. The maximum absolute atomic E-state index is 10.7. The first-order chi connectivity index (χ1) is 8.78. The first-order valence-electron chi connectivity index (χ1n) is 6.23. The molecule has 0 fully saturated rings. The van der Waals surface area contributed by atoms with Gasteiger partial charge >= 0.3 is 0 Å². The van der Waals surface area contributed by atoms with Gasteiger partial charge in [0.15, 0.2) is 0 Å². The van der Waals surface area contributed by atoms with Crippen LogP contribution >= 0.6 is 11.6 Å². The van der Waals surface area contributed by atoms with Gasteiger partial charge in [-0.25, -0.2) is 0 Å². The zero-order valence-electron chi connectivity index (χ0n) is 10.1. The predicted molar refractivity (Wildman–Crippen MR) is 73.0 cm³/mol. The highest BCUT2D eigenvalue weighted by Crippen LogP contribution is 2.29. The monoisotopic (exact) mass is 262 g/mol. The van der Waals surface area contributed by atoms with Crippen molar-refractivity contribution in [2.75, 3.05) is 13.1 Å². The normalized spacial score (nSPS) is 16.5. The van der Waals surface area contributed by atoms with Gasteiger partial charge in [-0.15, -0.1) is 0 Å². The van der Waals surface area contributed by atoms with E-state index in [9.17, 15) is 4.79 Å². The molecule has 1 aromatic carbocycles. The fourth-order valence-corrected chi connectivity index (χ4v) is 2.89. The molecule has 0 amide bonds. The standard InChI is InChI=1S/C14H15ClN2O/c15-10-3-4-14-11(8-10)12-9-17(6-7-18)5-1-2-13(12)16-14/h3-4,7-8,16H,1-2,5-6,9H2. The van der Waals surface area contributed by atoms with Crippen LogP contribution in [0.3, 0.4) is 0 Å². The van der Waals surface area contributed by atoms with Crippen LogP contribution in [-0.4, -0.2) is 29.3 Å². The molecule has 2 heterocycles. The van der Waals surface area contributed by atoms with Crippen LogP contribution in [0.1, 0.15) is 17.7 Å². The van der Waals surface area contributed by atoms with Gasteiger partial charge in [-0.1, -0.05) is 11.6 Å². The molecule has 0 unspecified atom stereocenters. The minimum atomic E-state index is 0.507. The number of carbonyl (C=O) groups is 1. The van der Waals surface area contributed by atoms with E-state index in [4.69, 9.17) is 11.6 Å². The van der Waals surface area contributed by atoms with Crippen molar-refractivity contribution in [2.45, 2.75) is 19.4 Å². The minimum absolute atomic E-state index is 0.507. The molecule has 1 aromatic heterocycles. The van der Waals surface area contributed by atoms with E-state index < -0.39 is 0 Å². The molecule has 1 aliphatic heterocycles. The van der Waals surface area contributed by atoms with Crippen LogP contribution in [0.15, 0.2) is 18.2 Å². The number of aryl methyl sites for hydroxylation is 1. The van der Waals surface area contributed by atoms with Crippen molar-refractivity contribution in [3.05, 3.63) is 34.5 Å². The number of hydrogen-bond acceptors (Lipinski definition) is 2. The fraction of sp³-hybridized carbons (Fsp3) is 0.357. The summed E-state index contributed by atoms with van der Waals surface area (Å²) in [5.74, 6) is 0. The molecule has 1 aliphatic rings. The van der Waals surface area contributed by atoms with Gasteiger partial charge in [-0.2, -0.15) is 0 Å². The number of hydrogen-bond donors (Lipinski definition) is 1. The lowest BCUT2D eigenvalue weighted by molar-refractivity contribution is -0.109. The summed E-state index contributed by atoms with van der Waals surface area (Å²) in [6, 6.07) is 5.94. The molecule has 0 aliphatic carbocycles. The molecule has 4 heteroatoms. The van der Waals surface area contributed by atoms with Crippen molar-refractivity contribution < 1.29 is 4.79 Å². The summed E-state index contributed by atoms with van der Waals surface area (Å²) >= 11 is 6.07. The van der Waals surface area contributed by atoms with Crippen molar-refractivity contribution in [3.8, 4) is 0 Å². The van der Waals surface area contributed by atoms with Crippen LogP contribution in [0.4, 0.5) is 0 Å². The van der Waals surface area contributed by atoms with Gasteiger partial charge in [0.1, 0.15) is 6.29 Å². The number of aromatic amines is 1. The lowest BCUT2D eigenvalue weighted by atomic mass is 10.1. The third kappa shape index (κ3) is 2.04. The Hall–Kier alpha value is -1.32. The number of aldehydes is 1. The Bertz CT molecular complexity index is 591.